The molecule has 2 atom stereocenters. The number of benzene rings is 3. The molecule has 1 saturated carbocycles. The molecule has 1 heterocycles. The maximum Gasteiger partial charge on any atom is 0.390 e. The molecule has 0 aromatic heterocycles. The molecule has 38 heavy (non-hydrogen) atoms. The van der Waals surface area contributed by atoms with Gasteiger partial charge in [0.15, 0.2) is 0 Å². The number of halogens is 3. The Morgan fingerprint density at radius 1 is 1.03 bits per heavy atom. The summed E-state index contributed by atoms with van der Waals surface area (Å²) in [7, 11) is 0. The van der Waals surface area contributed by atoms with Crippen LogP contribution in [0.4, 0.5) is 13.2 Å². The van der Waals surface area contributed by atoms with Crippen molar-refractivity contribution >= 4 is 5.91 Å². The van der Waals surface area contributed by atoms with Gasteiger partial charge in [-0.15, -0.1) is 0 Å². The van der Waals surface area contributed by atoms with E-state index < -0.39 is 12.6 Å². The molecule has 0 radical (unpaired) electrons. The van der Waals surface area contributed by atoms with E-state index in [1.165, 1.54) is 5.56 Å². The summed E-state index contributed by atoms with van der Waals surface area (Å²) in [4.78, 5) is 14.8. The van der Waals surface area contributed by atoms with Gasteiger partial charge in [0, 0.05) is 38.7 Å². The molecule has 0 bridgehead atoms. The summed E-state index contributed by atoms with van der Waals surface area (Å²) in [5.74, 6) is 0.236. The first kappa shape index (κ1) is 26.4. The van der Waals surface area contributed by atoms with E-state index in [9.17, 15) is 23.1 Å². The van der Waals surface area contributed by atoms with Gasteiger partial charge < -0.3 is 10.4 Å². The summed E-state index contributed by atoms with van der Waals surface area (Å²) < 4.78 is 38.8. The lowest BCUT2D eigenvalue weighted by Crippen LogP contribution is -2.35. The number of fused-ring (bicyclic) bond motifs is 1. The van der Waals surface area contributed by atoms with Crippen LogP contribution in [-0.4, -0.2) is 41.8 Å². The highest BCUT2D eigenvalue weighted by Crippen LogP contribution is 2.47. The first-order valence-corrected chi connectivity index (χ1v) is 13.3. The van der Waals surface area contributed by atoms with E-state index in [0.29, 0.717) is 32.5 Å². The van der Waals surface area contributed by atoms with E-state index in [0.717, 1.165) is 39.8 Å². The van der Waals surface area contributed by atoms with E-state index in [1.807, 2.05) is 47.4 Å². The van der Waals surface area contributed by atoms with Crippen LogP contribution < -0.4 is 5.32 Å². The van der Waals surface area contributed by atoms with Gasteiger partial charge in [-0.3, -0.25) is 9.69 Å². The van der Waals surface area contributed by atoms with Crippen LogP contribution in [0.15, 0.2) is 66.7 Å². The van der Waals surface area contributed by atoms with Gasteiger partial charge in [-0.05, 0) is 64.1 Å². The van der Waals surface area contributed by atoms with Gasteiger partial charge in [0.1, 0.15) is 0 Å². The van der Waals surface area contributed by atoms with Crippen LogP contribution in [0.25, 0.3) is 11.1 Å². The Balaban J connectivity index is 1.36. The molecule has 200 valence electrons. The number of aliphatic hydroxyl groups is 1. The average Bonchev–Trinajstić information content (AvgIpc) is 3.72. The van der Waals surface area contributed by atoms with E-state index in [-0.39, 0.29) is 30.9 Å². The van der Waals surface area contributed by atoms with Crippen molar-refractivity contribution in [1.29, 1.82) is 0 Å². The van der Waals surface area contributed by atoms with Crippen molar-refractivity contribution in [1.82, 2.24) is 10.2 Å². The Morgan fingerprint density at radius 3 is 2.61 bits per heavy atom. The van der Waals surface area contributed by atoms with Crippen LogP contribution in [0.5, 0.6) is 0 Å². The summed E-state index contributed by atoms with van der Waals surface area (Å²) in [5, 5.41) is 12.5. The topological polar surface area (TPSA) is 52.6 Å². The molecule has 0 saturated heterocycles. The number of nitrogens with one attached hydrogen (secondary N) is 1. The van der Waals surface area contributed by atoms with Crippen molar-refractivity contribution in [2.75, 3.05) is 19.7 Å². The molecule has 1 aliphatic carbocycles. The molecule has 2 aliphatic rings. The summed E-state index contributed by atoms with van der Waals surface area (Å²) in [6, 6.07) is 22.2. The molecule has 1 amide bonds. The molecular formula is C31H33F3N2O2. The molecule has 1 fully saturated rings. The van der Waals surface area contributed by atoms with Gasteiger partial charge in [-0.25, -0.2) is 0 Å². The van der Waals surface area contributed by atoms with Gasteiger partial charge in [-0.1, -0.05) is 66.7 Å². The number of nitrogens with zero attached hydrogens (tertiary/aromatic N) is 1. The lowest BCUT2D eigenvalue weighted by atomic mass is 9.87. The third-order valence-corrected chi connectivity index (χ3v) is 7.75. The predicted molar refractivity (Wildman–Crippen MR) is 141 cm³/mol. The molecule has 3 aromatic carbocycles. The average molecular weight is 523 g/mol. The highest BCUT2D eigenvalue weighted by Gasteiger charge is 2.43. The van der Waals surface area contributed by atoms with Crippen molar-refractivity contribution in [3.8, 4) is 11.1 Å². The zero-order valence-electron chi connectivity index (χ0n) is 21.3. The second kappa shape index (κ2) is 11.3. The van der Waals surface area contributed by atoms with Crippen LogP contribution in [0, 0.1) is 5.92 Å². The lowest BCUT2D eigenvalue weighted by molar-refractivity contribution is -0.138. The summed E-state index contributed by atoms with van der Waals surface area (Å²) in [5.41, 5.74) is 7.42. The van der Waals surface area contributed by atoms with Crippen molar-refractivity contribution in [3.63, 3.8) is 0 Å². The van der Waals surface area contributed by atoms with Gasteiger partial charge in [0.25, 0.3) is 0 Å². The summed E-state index contributed by atoms with van der Waals surface area (Å²) in [6.07, 6.45) is -2.97. The molecule has 3 aromatic rings. The standard InChI is InChI=1S/C31H33F3N2O2/c32-31(33,34)13-15-36-14-11-26-25(23-8-4-5-21(17-23)12-16-37)10-9-24(29(26)20-36)19-35-30(38)28-18-27(28)22-6-2-1-3-7-22/h1-10,17,27-28,37H,11-16,18-20H2,(H,35,38). The summed E-state index contributed by atoms with van der Waals surface area (Å²) in [6.45, 7) is 1.38. The fourth-order valence-electron chi connectivity index (χ4n) is 5.60. The maximum absolute atomic E-state index is 12.9. The van der Waals surface area contributed by atoms with E-state index >= 15 is 0 Å². The lowest BCUT2D eigenvalue weighted by Gasteiger charge is -2.32. The number of amides is 1. The Bertz CT molecular complexity index is 1280. The van der Waals surface area contributed by atoms with Crippen molar-refractivity contribution in [2.24, 2.45) is 5.92 Å². The molecular weight excluding hydrogens is 489 g/mol. The second-order valence-electron chi connectivity index (χ2n) is 10.4. The quantitative estimate of drug-likeness (QED) is 0.384. The maximum atomic E-state index is 12.9. The van der Waals surface area contributed by atoms with Gasteiger partial charge >= 0.3 is 6.18 Å². The smallest absolute Gasteiger partial charge is 0.390 e. The second-order valence-corrected chi connectivity index (χ2v) is 10.4. The number of alkyl halides is 3. The zero-order chi connectivity index (χ0) is 26.7. The largest absolute Gasteiger partial charge is 0.396 e. The van der Waals surface area contributed by atoms with Crippen LogP contribution in [0.1, 0.15) is 46.6 Å². The number of hydrogen-bond donors (Lipinski definition) is 2. The van der Waals surface area contributed by atoms with Gasteiger partial charge in [0.2, 0.25) is 5.91 Å². The number of hydrogen-bond acceptors (Lipinski definition) is 3. The third kappa shape index (κ3) is 6.27. The first-order chi connectivity index (χ1) is 18.3. The highest BCUT2D eigenvalue weighted by molar-refractivity contribution is 5.83. The molecule has 0 spiro atoms. The van der Waals surface area contributed by atoms with Crippen molar-refractivity contribution < 1.29 is 23.1 Å². The summed E-state index contributed by atoms with van der Waals surface area (Å²) >= 11 is 0. The molecule has 7 heteroatoms. The van der Waals surface area contributed by atoms with Crippen LogP contribution in [0.3, 0.4) is 0 Å². The fourth-order valence-corrected chi connectivity index (χ4v) is 5.60. The van der Waals surface area contributed by atoms with Gasteiger partial charge in [0.05, 0.1) is 6.42 Å². The first-order valence-electron chi connectivity index (χ1n) is 13.3. The Morgan fingerprint density at radius 2 is 1.84 bits per heavy atom. The fraction of sp³-hybridized carbons (Fsp3) is 0.387. The SMILES string of the molecule is O=C(NCc1ccc(-c2cccc(CCO)c2)c2c1CN(CCC(F)(F)F)CC2)C1CC1c1ccccc1. The zero-order valence-corrected chi connectivity index (χ0v) is 21.3. The van der Waals surface area contributed by atoms with Crippen LogP contribution >= 0.6 is 0 Å². The predicted octanol–water partition coefficient (Wildman–Crippen LogP) is 5.62. The number of carbonyl (C=O) groups is 1. The normalized spacial score (nSPS) is 19.2. The van der Waals surface area contributed by atoms with E-state index in [4.69, 9.17) is 0 Å². The molecule has 5 rings (SSSR count). The minimum absolute atomic E-state index is 0.0260. The molecule has 1 aliphatic heterocycles. The molecule has 4 nitrogen and oxygen atoms in total. The number of aliphatic hydroxyl groups excluding tert-OH is 1. The number of rotatable bonds is 9. The van der Waals surface area contributed by atoms with Gasteiger partial charge in [-0.2, -0.15) is 13.2 Å². The Hall–Kier alpha value is -3.16. The van der Waals surface area contributed by atoms with Crippen molar-refractivity contribution in [3.05, 3.63) is 94.5 Å². The van der Waals surface area contributed by atoms with Crippen LogP contribution in [-0.2, 0) is 30.7 Å². The third-order valence-electron chi connectivity index (χ3n) is 7.75. The van der Waals surface area contributed by atoms with Crippen molar-refractivity contribution in [2.45, 2.75) is 50.9 Å². The van der Waals surface area contributed by atoms with E-state index in [2.05, 4.69) is 29.6 Å². The monoisotopic (exact) mass is 522 g/mol. The highest BCUT2D eigenvalue weighted by atomic mass is 19.4. The minimum atomic E-state index is -4.19. The Labute approximate surface area is 221 Å². The number of carbonyl (C=O) groups excluding carboxylic acids is 1. The van der Waals surface area contributed by atoms with E-state index in [1.54, 1.807) is 0 Å². The molecule has 2 unspecified atom stereocenters. The minimum Gasteiger partial charge on any atom is -0.396 e. The Kier molecular flexibility index (Phi) is 7.86. The van der Waals surface area contributed by atoms with Crippen LogP contribution in [0.2, 0.25) is 0 Å². The molecule has 2 N–H and O–H groups in total.